The van der Waals surface area contributed by atoms with Crippen molar-refractivity contribution in [3.63, 3.8) is 0 Å². The van der Waals surface area contributed by atoms with Gasteiger partial charge in [-0.3, -0.25) is 0 Å². The molecule has 0 unspecified atom stereocenters. The molecule has 0 saturated heterocycles. The van der Waals surface area contributed by atoms with Gasteiger partial charge in [-0.05, 0) is 32.1 Å². The molecule has 3 heteroatoms. The van der Waals surface area contributed by atoms with Gasteiger partial charge in [0.25, 0.3) is 0 Å². The van der Waals surface area contributed by atoms with Gasteiger partial charge in [0.05, 0.1) is 6.61 Å². The highest BCUT2D eigenvalue weighted by Gasteiger charge is 1.93. The lowest BCUT2D eigenvalue weighted by atomic mass is 10.1. The number of aliphatic hydroxyl groups is 2. The molecular weight excluding hydrogens is 300 g/mol. The highest BCUT2D eigenvalue weighted by Crippen LogP contribution is 2.10. The molecule has 0 heterocycles. The van der Waals surface area contributed by atoms with Crippen molar-refractivity contribution >= 4 is 0 Å². The lowest BCUT2D eigenvalue weighted by Crippen LogP contribution is -1.93. The lowest BCUT2D eigenvalue weighted by Gasteiger charge is -2.02. The number of unbranched alkanes of at least 4 members (excludes halogenated alkanes) is 12. The lowest BCUT2D eigenvalue weighted by molar-refractivity contribution is 0.195. The first-order valence-corrected chi connectivity index (χ1v) is 10.1. The fourth-order valence-corrected chi connectivity index (χ4v) is 2.63. The molecule has 0 bridgehead atoms. The van der Waals surface area contributed by atoms with Crippen molar-refractivity contribution in [2.75, 3.05) is 13.2 Å². The van der Waals surface area contributed by atoms with E-state index in [0.717, 1.165) is 6.42 Å². The Labute approximate surface area is 149 Å². The van der Waals surface area contributed by atoms with Crippen LogP contribution in [0.1, 0.15) is 96.8 Å². The molecule has 24 heavy (non-hydrogen) atoms. The minimum atomic E-state index is -0.354. The zero-order valence-corrected chi connectivity index (χ0v) is 15.8. The minimum Gasteiger partial charge on any atom is -0.507 e. The molecule has 0 spiro atoms. The average molecular weight is 341 g/mol. The van der Waals surface area contributed by atoms with Gasteiger partial charge >= 0.3 is 0 Å². The number of hydrogen-bond acceptors (Lipinski definition) is 3. The number of rotatable bonds is 18. The van der Waals surface area contributed by atoms with Crippen LogP contribution in [0.3, 0.4) is 0 Å². The Kier molecular flexibility index (Phi) is 19.3. The molecule has 0 aromatic carbocycles. The summed E-state index contributed by atoms with van der Waals surface area (Å²) in [7, 11) is 0. The summed E-state index contributed by atoms with van der Waals surface area (Å²) >= 11 is 0. The third-order valence-corrected chi connectivity index (χ3v) is 4.16. The van der Waals surface area contributed by atoms with E-state index in [1.807, 2.05) is 0 Å². The standard InChI is InChI=1S/C21H40O3/c1-2-3-4-5-6-7-8-9-10-11-12-13-14-15-16-17-18-24-20-21(23)19-22/h9-10,20,22-23H,2-8,11-19H2,1H3/b10-9-,21-20?. The van der Waals surface area contributed by atoms with Crippen molar-refractivity contribution in [3.05, 3.63) is 24.2 Å². The quantitative estimate of drug-likeness (QED) is 0.172. The number of hydrogen-bond donors (Lipinski definition) is 2. The van der Waals surface area contributed by atoms with E-state index in [4.69, 9.17) is 14.9 Å². The molecule has 2 N–H and O–H groups in total. The van der Waals surface area contributed by atoms with Crippen LogP contribution in [-0.2, 0) is 4.74 Å². The van der Waals surface area contributed by atoms with Crippen LogP contribution in [0.5, 0.6) is 0 Å². The van der Waals surface area contributed by atoms with E-state index < -0.39 is 0 Å². The molecule has 0 atom stereocenters. The van der Waals surface area contributed by atoms with Gasteiger partial charge in [-0.15, -0.1) is 0 Å². The molecule has 0 aromatic heterocycles. The summed E-state index contributed by atoms with van der Waals surface area (Å²) in [6, 6.07) is 0. The van der Waals surface area contributed by atoms with Gasteiger partial charge in [0.1, 0.15) is 12.9 Å². The van der Waals surface area contributed by atoms with E-state index in [0.29, 0.717) is 6.61 Å². The van der Waals surface area contributed by atoms with E-state index >= 15 is 0 Å². The molecule has 0 fully saturated rings. The van der Waals surface area contributed by atoms with Crippen LogP contribution in [0.15, 0.2) is 24.2 Å². The van der Waals surface area contributed by atoms with Crippen LogP contribution in [0, 0.1) is 0 Å². The molecule has 0 aliphatic rings. The number of ether oxygens (including phenoxy) is 1. The van der Waals surface area contributed by atoms with E-state index in [9.17, 15) is 0 Å². The summed E-state index contributed by atoms with van der Waals surface area (Å²) < 4.78 is 5.12. The Balaban J connectivity index is 3.13. The van der Waals surface area contributed by atoms with Crippen LogP contribution >= 0.6 is 0 Å². The predicted octanol–water partition coefficient (Wildman–Crippen LogP) is 6.43. The van der Waals surface area contributed by atoms with E-state index in [-0.39, 0.29) is 12.4 Å². The van der Waals surface area contributed by atoms with Gasteiger partial charge in [-0.1, -0.05) is 76.9 Å². The second kappa shape index (κ2) is 20.1. The zero-order chi connectivity index (χ0) is 17.7. The highest BCUT2D eigenvalue weighted by molar-refractivity contribution is 4.83. The van der Waals surface area contributed by atoms with Crippen molar-refractivity contribution < 1.29 is 14.9 Å². The van der Waals surface area contributed by atoms with E-state index in [2.05, 4.69) is 19.1 Å². The summed E-state index contributed by atoms with van der Waals surface area (Å²) in [6.07, 6.45) is 24.1. The first kappa shape index (κ1) is 23.0. The normalized spacial score (nSPS) is 12.2. The predicted molar refractivity (Wildman–Crippen MR) is 103 cm³/mol. The summed E-state index contributed by atoms with van der Waals surface area (Å²) in [6.45, 7) is 2.53. The fraction of sp³-hybridized carbons (Fsp3) is 0.810. The molecule has 0 saturated carbocycles. The van der Waals surface area contributed by atoms with Gasteiger partial charge in [0, 0.05) is 0 Å². The molecule has 0 amide bonds. The van der Waals surface area contributed by atoms with Crippen LogP contribution in [0.2, 0.25) is 0 Å². The molecule has 0 aliphatic carbocycles. The average Bonchev–Trinajstić information content (AvgIpc) is 2.60. The van der Waals surface area contributed by atoms with Crippen LogP contribution < -0.4 is 0 Å². The van der Waals surface area contributed by atoms with Crippen LogP contribution in [0.4, 0.5) is 0 Å². The third-order valence-electron chi connectivity index (χ3n) is 4.16. The Bertz CT molecular complexity index is 297. The zero-order valence-electron chi connectivity index (χ0n) is 15.8. The molecule has 0 radical (unpaired) electrons. The molecule has 0 rings (SSSR count). The SMILES string of the molecule is CCCCCCCC/C=C\CCCCCCCCOC=C(O)CO. The Morgan fingerprint density at radius 3 is 1.79 bits per heavy atom. The topological polar surface area (TPSA) is 49.7 Å². The van der Waals surface area contributed by atoms with Crippen molar-refractivity contribution in [2.24, 2.45) is 0 Å². The van der Waals surface area contributed by atoms with Crippen molar-refractivity contribution in [1.29, 1.82) is 0 Å². The second-order valence-corrected chi connectivity index (χ2v) is 6.58. The molecule has 142 valence electrons. The van der Waals surface area contributed by atoms with Crippen molar-refractivity contribution in [2.45, 2.75) is 96.8 Å². The molecule has 0 aromatic rings. The first-order chi connectivity index (χ1) is 11.8. The second-order valence-electron chi connectivity index (χ2n) is 6.58. The van der Waals surface area contributed by atoms with Crippen molar-refractivity contribution in [3.8, 4) is 0 Å². The molecule has 3 nitrogen and oxygen atoms in total. The smallest absolute Gasteiger partial charge is 0.152 e. The molecular formula is C21H40O3. The summed E-state index contributed by atoms with van der Waals surface area (Å²) in [5, 5.41) is 17.5. The minimum absolute atomic E-state index is 0.112. The highest BCUT2D eigenvalue weighted by atomic mass is 16.5. The first-order valence-electron chi connectivity index (χ1n) is 10.1. The van der Waals surface area contributed by atoms with Crippen molar-refractivity contribution in [1.82, 2.24) is 0 Å². The van der Waals surface area contributed by atoms with E-state index in [1.54, 1.807) is 0 Å². The number of aliphatic hydroxyl groups excluding tert-OH is 2. The van der Waals surface area contributed by atoms with Gasteiger partial charge in [-0.25, -0.2) is 0 Å². The summed E-state index contributed by atoms with van der Waals surface area (Å²) in [4.78, 5) is 0. The van der Waals surface area contributed by atoms with Gasteiger partial charge in [0.2, 0.25) is 0 Å². The summed E-state index contributed by atoms with van der Waals surface area (Å²) in [5.41, 5.74) is 0. The van der Waals surface area contributed by atoms with Gasteiger partial charge < -0.3 is 14.9 Å². The Hall–Kier alpha value is -0.960. The number of allylic oxidation sites excluding steroid dienone is 2. The summed E-state index contributed by atoms with van der Waals surface area (Å²) in [5.74, 6) is -0.112. The maximum atomic E-state index is 8.97. The largest absolute Gasteiger partial charge is 0.507 e. The van der Waals surface area contributed by atoms with Gasteiger partial charge in [0.15, 0.2) is 5.76 Å². The van der Waals surface area contributed by atoms with E-state index in [1.165, 1.54) is 89.7 Å². The monoisotopic (exact) mass is 340 g/mol. The van der Waals surface area contributed by atoms with Gasteiger partial charge in [-0.2, -0.15) is 0 Å². The maximum absolute atomic E-state index is 8.97. The van der Waals surface area contributed by atoms with Crippen LogP contribution in [0.25, 0.3) is 0 Å². The Morgan fingerprint density at radius 2 is 1.25 bits per heavy atom. The fourth-order valence-electron chi connectivity index (χ4n) is 2.63. The third kappa shape index (κ3) is 19.1. The maximum Gasteiger partial charge on any atom is 0.152 e. The molecule has 0 aliphatic heterocycles. The van der Waals surface area contributed by atoms with Crippen LogP contribution in [-0.4, -0.2) is 23.4 Å². The Morgan fingerprint density at radius 1 is 0.750 bits per heavy atom.